The SMILES string of the molecule is COC(=O)CCCN(C)C(=O)CC1(CC(=O)O)CCCC1. The highest BCUT2D eigenvalue weighted by Gasteiger charge is 2.38. The van der Waals surface area contributed by atoms with Crippen molar-refractivity contribution < 1.29 is 24.2 Å². The first-order chi connectivity index (χ1) is 9.88. The zero-order chi connectivity index (χ0) is 15.9. The summed E-state index contributed by atoms with van der Waals surface area (Å²) in [5.74, 6) is -1.16. The maximum Gasteiger partial charge on any atom is 0.305 e. The van der Waals surface area contributed by atoms with E-state index in [-0.39, 0.29) is 36.6 Å². The summed E-state index contributed by atoms with van der Waals surface area (Å²) >= 11 is 0. The molecule has 0 aromatic heterocycles. The predicted octanol–water partition coefficient (Wildman–Crippen LogP) is 1.82. The minimum absolute atomic E-state index is 0.0389. The van der Waals surface area contributed by atoms with Gasteiger partial charge < -0.3 is 14.7 Å². The fraction of sp³-hybridized carbons (Fsp3) is 0.800. The summed E-state index contributed by atoms with van der Waals surface area (Å²) in [6.07, 6.45) is 4.79. The van der Waals surface area contributed by atoms with E-state index < -0.39 is 5.97 Å². The number of hydrogen-bond acceptors (Lipinski definition) is 4. The van der Waals surface area contributed by atoms with Gasteiger partial charge in [-0.3, -0.25) is 14.4 Å². The number of carbonyl (C=O) groups is 3. The molecule has 0 bridgehead atoms. The van der Waals surface area contributed by atoms with Crippen molar-refractivity contribution in [1.29, 1.82) is 0 Å². The number of carbonyl (C=O) groups excluding carboxylic acids is 2. The van der Waals surface area contributed by atoms with E-state index in [4.69, 9.17) is 5.11 Å². The van der Waals surface area contributed by atoms with Crippen LogP contribution in [0.4, 0.5) is 0 Å². The second-order valence-corrected chi connectivity index (χ2v) is 5.95. The molecule has 0 saturated heterocycles. The van der Waals surface area contributed by atoms with Crippen LogP contribution in [0.1, 0.15) is 51.4 Å². The van der Waals surface area contributed by atoms with Crippen LogP contribution in [0.15, 0.2) is 0 Å². The third-order valence-corrected chi connectivity index (χ3v) is 4.24. The molecule has 1 saturated carbocycles. The molecular formula is C15H25NO5. The zero-order valence-electron chi connectivity index (χ0n) is 12.9. The van der Waals surface area contributed by atoms with Gasteiger partial charge in [0.05, 0.1) is 13.5 Å². The predicted molar refractivity (Wildman–Crippen MR) is 76.7 cm³/mol. The highest BCUT2D eigenvalue weighted by Crippen LogP contribution is 2.44. The van der Waals surface area contributed by atoms with Crippen molar-refractivity contribution in [1.82, 2.24) is 4.90 Å². The monoisotopic (exact) mass is 299 g/mol. The number of nitrogens with zero attached hydrogens (tertiary/aromatic N) is 1. The number of methoxy groups -OCH3 is 1. The van der Waals surface area contributed by atoms with Gasteiger partial charge in [-0.1, -0.05) is 12.8 Å². The zero-order valence-corrected chi connectivity index (χ0v) is 12.9. The third-order valence-electron chi connectivity index (χ3n) is 4.24. The van der Waals surface area contributed by atoms with E-state index in [0.717, 1.165) is 25.7 Å². The molecule has 1 fully saturated rings. The molecule has 1 amide bonds. The Morgan fingerprint density at radius 1 is 1.19 bits per heavy atom. The van der Waals surface area contributed by atoms with Gasteiger partial charge in [0.25, 0.3) is 0 Å². The molecule has 0 radical (unpaired) electrons. The molecule has 1 rings (SSSR count). The summed E-state index contributed by atoms with van der Waals surface area (Å²) < 4.78 is 4.55. The minimum atomic E-state index is -0.835. The number of ether oxygens (including phenoxy) is 1. The molecular weight excluding hydrogens is 274 g/mol. The average molecular weight is 299 g/mol. The number of amides is 1. The number of carboxylic acids is 1. The van der Waals surface area contributed by atoms with Gasteiger partial charge in [0.15, 0.2) is 0 Å². The number of esters is 1. The van der Waals surface area contributed by atoms with E-state index in [0.29, 0.717) is 13.0 Å². The number of carboxylic acid groups (broad SMARTS) is 1. The van der Waals surface area contributed by atoms with Gasteiger partial charge >= 0.3 is 11.9 Å². The van der Waals surface area contributed by atoms with Crippen molar-refractivity contribution in [3.8, 4) is 0 Å². The smallest absolute Gasteiger partial charge is 0.305 e. The lowest BCUT2D eigenvalue weighted by Crippen LogP contribution is -2.34. The van der Waals surface area contributed by atoms with Crippen LogP contribution in [0.5, 0.6) is 0 Å². The van der Waals surface area contributed by atoms with Crippen LogP contribution in [0.25, 0.3) is 0 Å². The lowest BCUT2D eigenvalue weighted by Gasteiger charge is -2.29. The molecule has 120 valence electrons. The van der Waals surface area contributed by atoms with E-state index in [1.165, 1.54) is 7.11 Å². The summed E-state index contributed by atoms with van der Waals surface area (Å²) in [4.78, 5) is 35.9. The third kappa shape index (κ3) is 5.73. The normalized spacial score (nSPS) is 16.5. The molecule has 1 aliphatic carbocycles. The Labute approximate surface area is 125 Å². The molecule has 0 spiro atoms. The number of rotatable bonds is 8. The average Bonchev–Trinajstić information content (AvgIpc) is 2.85. The van der Waals surface area contributed by atoms with Crippen LogP contribution >= 0.6 is 0 Å². The lowest BCUT2D eigenvalue weighted by atomic mass is 9.79. The standard InChI is InChI=1S/C15H25NO5/c1-16(9-5-6-14(20)21-2)12(17)10-15(11-13(18)19)7-3-4-8-15/h3-11H2,1-2H3,(H,18,19). The van der Waals surface area contributed by atoms with Gasteiger partial charge in [0.1, 0.15) is 0 Å². The van der Waals surface area contributed by atoms with E-state index in [2.05, 4.69) is 4.74 Å². The molecule has 0 aromatic rings. The Morgan fingerprint density at radius 2 is 1.81 bits per heavy atom. The Hall–Kier alpha value is -1.59. The molecule has 1 aliphatic rings. The van der Waals surface area contributed by atoms with Crippen LogP contribution in [0, 0.1) is 5.41 Å². The molecule has 0 aromatic carbocycles. The van der Waals surface area contributed by atoms with Crippen LogP contribution in [-0.4, -0.2) is 48.6 Å². The van der Waals surface area contributed by atoms with Gasteiger partial charge in [-0.15, -0.1) is 0 Å². The quantitative estimate of drug-likeness (QED) is 0.691. The van der Waals surface area contributed by atoms with E-state index in [1.54, 1.807) is 11.9 Å². The first kappa shape index (κ1) is 17.5. The highest BCUT2D eigenvalue weighted by atomic mass is 16.5. The molecule has 0 atom stereocenters. The summed E-state index contributed by atoms with van der Waals surface area (Å²) in [6.45, 7) is 0.483. The molecule has 0 heterocycles. The Kier molecular flexibility index (Phi) is 6.65. The van der Waals surface area contributed by atoms with E-state index in [1.807, 2.05) is 0 Å². The molecule has 6 nitrogen and oxygen atoms in total. The van der Waals surface area contributed by atoms with Crippen LogP contribution in [-0.2, 0) is 19.1 Å². The second kappa shape index (κ2) is 8.00. The first-order valence-electron chi connectivity index (χ1n) is 7.41. The molecule has 6 heteroatoms. The molecule has 0 unspecified atom stereocenters. The fourth-order valence-electron chi connectivity index (χ4n) is 3.00. The Bertz CT molecular complexity index is 388. The van der Waals surface area contributed by atoms with Gasteiger partial charge in [-0.05, 0) is 24.7 Å². The number of aliphatic carboxylic acids is 1. The Morgan fingerprint density at radius 3 is 2.33 bits per heavy atom. The van der Waals surface area contributed by atoms with Crippen molar-refractivity contribution in [2.75, 3.05) is 20.7 Å². The second-order valence-electron chi connectivity index (χ2n) is 5.95. The molecule has 1 N–H and O–H groups in total. The van der Waals surface area contributed by atoms with Crippen LogP contribution in [0.3, 0.4) is 0 Å². The maximum absolute atomic E-state index is 12.2. The molecule has 21 heavy (non-hydrogen) atoms. The summed E-state index contributed by atoms with van der Waals surface area (Å²) in [6, 6.07) is 0. The summed E-state index contributed by atoms with van der Waals surface area (Å²) in [5.41, 5.74) is -0.375. The van der Waals surface area contributed by atoms with E-state index >= 15 is 0 Å². The lowest BCUT2D eigenvalue weighted by molar-refractivity contribution is -0.143. The van der Waals surface area contributed by atoms with Crippen molar-refractivity contribution in [3.05, 3.63) is 0 Å². The minimum Gasteiger partial charge on any atom is -0.481 e. The topological polar surface area (TPSA) is 83.9 Å². The van der Waals surface area contributed by atoms with Crippen molar-refractivity contribution in [2.24, 2.45) is 5.41 Å². The van der Waals surface area contributed by atoms with Crippen molar-refractivity contribution in [3.63, 3.8) is 0 Å². The van der Waals surface area contributed by atoms with Crippen LogP contribution < -0.4 is 0 Å². The van der Waals surface area contributed by atoms with Gasteiger partial charge in [0, 0.05) is 26.4 Å². The van der Waals surface area contributed by atoms with Crippen molar-refractivity contribution in [2.45, 2.75) is 51.4 Å². The maximum atomic E-state index is 12.2. The highest BCUT2D eigenvalue weighted by molar-refractivity contribution is 5.78. The van der Waals surface area contributed by atoms with Gasteiger partial charge in [0.2, 0.25) is 5.91 Å². The number of hydrogen-bond donors (Lipinski definition) is 1. The van der Waals surface area contributed by atoms with E-state index in [9.17, 15) is 14.4 Å². The Balaban J connectivity index is 2.45. The largest absolute Gasteiger partial charge is 0.481 e. The summed E-state index contributed by atoms with van der Waals surface area (Å²) in [5, 5.41) is 9.04. The fourth-order valence-corrected chi connectivity index (χ4v) is 3.00. The first-order valence-corrected chi connectivity index (χ1v) is 7.41. The van der Waals surface area contributed by atoms with Crippen LogP contribution in [0.2, 0.25) is 0 Å². The van der Waals surface area contributed by atoms with Gasteiger partial charge in [-0.2, -0.15) is 0 Å². The van der Waals surface area contributed by atoms with Crippen molar-refractivity contribution >= 4 is 17.8 Å². The summed E-state index contributed by atoms with van der Waals surface area (Å²) in [7, 11) is 3.04. The van der Waals surface area contributed by atoms with Gasteiger partial charge in [-0.25, -0.2) is 0 Å². The molecule has 0 aliphatic heterocycles.